The smallest absolute Gasteiger partial charge is 0.127 e. The van der Waals surface area contributed by atoms with Crippen LogP contribution in [0.4, 0.5) is 0 Å². The van der Waals surface area contributed by atoms with Crippen molar-refractivity contribution in [3.8, 4) is 0 Å². The monoisotopic (exact) mass is 290 g/mol. The lowest BCUT2D eigenvalue weighted by atomic mass is 10.3. The predicted octanol–water partition coefficient (Wildman–Crippen LogP) is 7.13. The van der Waals surface area contributed by atoms with Crippen molar-refractivity contribution in [2.45, 2.75) is 55.4 Å². The van der Waals surface area contributed by atoms with E-state index < -0.39 is 0 Å². The molecule has 0 spiro atoms. The first-order valence-corrected chi connectivity index (χ1v) is 7.87. The zero-order chi connectivity index (χ0) is 16.9. The zero-order valence-corrected chi connectivity index (χ0v) is 15.2. The quantitative estimate of drug-likeness (QED) is 0.373. The van der Waals surface area contributed by atoms with Crippen LogP contribution in [0.3, 0.4) is 0 Å². The van der Waals surface area contributed by atoms with E-state index in [9.17, 15) is 0 Å². The van der Waals surface area contributed by atoms with E-state index in [2.05, 4.69) is 0 Å². The zero-order valence-electron chi connectivity index (χ0n) is 15.2. The number of hydrogen-bond donors (Lipinski definition) is 0. The molecule has 1 heteroatoms. The molecule has 0 saturated heterocycles. The normalized spacial score (nSPS) is 12.6. The molecule has 0 aromatic heterocycles. The second kappa shape index (κ2) is 23.3. The Morgan fingerprint density at radius 2 is 0.905 bits per heavy atom. The third-order valence-corrected chi connectivity index (χ3v) is 1.80. The Morgan fingerprint density at radius 1 is 0.571 bits per heavy atom. The topological polar surface area (TPSA) is 9.23 Å². The minimum atomic E-state index is 0.819. The summed E-state index contributed by atoms with van der Waals surface area (Å²) in [5.41, 5.74) is 0. The fourth-order valence-electron chi connectivity index (χ4n) is 1.09. The number of rotatable bonds is 6. The molecule has 0 aromatic carbocycles. The van der Waals surface area contributed by atoms with Crippen molar-refractivity contribution in [3.05, 3.63) is 72.3 Å². The SMILES string of the molecule is CC.CC.C\C=C/C=C(\C=C/C)OC(/C=C\C)=C/C=C\C. The Hall–Kier alpha value is -1.76. The van der Waals surface area contributed by atoms with Crippen LogP contribution >= 0.6 is 0 Å². The van der Waals surface area contributed by atoms with Gasteiger partial charge in [-0.05, 0) is 52.0 Å². The molecule has 0 radical (unpaired) electrons. The molecule has 21 heavy (non-hydrogen) atoms. The lowest BCUT2D eigenvalue weighted by Crippen LogP contribution is -1.88. The highest BCUT2D eigenvalue weighted by molar-refractivity contribution is 5.25. The Kier molecular flexibility index (Phi) is 27.0. The molecule has 0 saturated carbocycles. The van der Waals surface area contributed by atoms with Gasteiger partial charge in [-0.1, -0.05) is 64.2 Å². The van der Waals surface area contributed by atoms with Gasteiger partial charge < -0.3 is 4.74 Å². The Balaban J connectivity index is -0.000000739. The molecule has 0 aromatic rings. The lowest BCUT2D eigenvalue weighted by molar-refractivity contribution is 0.336. The molecule has 0 rings (SSSR count). The van der Waals surface area contributed by atoms with E-state index >= 15 is 0 Å². The van der Waals surface area contributed by atoms with E-state index in [1.807, 2.05) is 116 Å². The van der Waals surface area contributed by atoms with Crippen molar-refractivity contribution in [1.82, 2.24) is 0 Å². The summed E-state index contributed by atoms with van der Waals surface area (Å²) in [6.45, 7) is 15.9. The maximum Gasteiger partial charge on any atom is 0.127 e. The van der Waals surface area contributed by atoms with E-state index in [-0.39, 0.29) is 0 Å². The van der Waals surface area contributed by atoms with Crippen molar-refractivity contribution in [2.24, 2.45) is 0 Å². The molecule has 0 aliphatic carbocycles. The van der Waals surface area contributed by atoms with Crippen molar-refractivity contribution < 1.29 is 4.74 Å². The van der Waals surface area contributed by atoms with Gasteiger partial charge in [0.2, 0.25) is 0 Å². The van der Waals surface area contributed by atoms with E-state index in [0.29, 0.717) is 0 Å². The average Bonchev–Trinajstić information content (AvgIpc) is 2.54. The molecule has 0 aliphatic rings. The van der Waals surface area contributed by atoms with E-state index in [4.69, 9.17) is 4.74 Å². The van der Waals surface area contributed by atoms with Crippen molar-refractivity contribution in [2.75, 3.05) is 0 Å². The lowest BCUT2D eigenvalue weighted by Gasteiger charge is -2.06. The van der Waals surface area contributed by atoms with Gasteiger partial charge in [-0.15, -0.1) is 0 Å². The molecule has 0 aliphatic heterocycles. The van der Waals surface area contributed by atoms with Crippen molar-refractivity contribution in [1.29, 1.82) is 0 Å². The maximum absolute atomic E-state index is 5.78. The molecule has 1 nitrogen and oxygen atoms in total. The van der Waals surface area contributed by atoms with Crippen LogP contribution in [0, 0.1) is 0 Å². The summed E-state index contributed by atoms with van der Waals surface area (Å²) in [6.07, 6.45) is 19.5. The first kappa shape index (κ1) is 24.3. The highest BCUT2D eigenvalue weighted by atomic mass is 16.5. The Bertz CT molecular complexity index is 327. The molecule has 0 unspecified atom stereocenters. The number of hydrogen-bond acceptors (Lipinski definition) is 1. The Morgan fingerprint density at radius 3 is 1.14 bits per heavy atom. The molecule has 0 bridgehead atoms. The molecular formula is C20H34O. The highest BCUT2D eigenvalue weighted by Crippen LogP contribution is 2.10. The Labute approximate surface area is 133 Å². The summed E-state index contributed by atoms with van der Waals surface area (Å²) in [5, 5.41) is 0. The van der Waals surface area contributed by atoms with Crippen molar-refractivity contribution >= 4 is 0 Å². The third-order valence-electron chi connectivity index (χ3n) is 1.80. The molecule has 0 fully saturated rings. The second-order valence-corrected chi connectivity index (χ2v) is 3.29. The highest BCUT2D eigenvalue weighted by Gasteiger charge is 1.95. The third kappa shape index (κ3) is 18.2. The summed E-state index contributed by atoms with van der Waals surface area (Å²) in [7, 11) is 0. The van der Waals surface area contributed by atoms with E-state index in [1.165, 1.54) is 0 Å². The molecule has 0 heterocycles. The van der Waals surface area contributed by atoms with Crippen LogP contribution in [-0.4, -0.2) is 0 Å². The summed E-state index contributed by atoms with van der Waals surface area (Å²) in [4.78, 5) is 0. The standard InChI is InChI=1S/C16H22O.2C2H6/c1-5-9-13-15(11-7-3)17-16(12-8-4)14-10-6-2;2*1-2/h5-14H,1-4H3;2*1-2H3/b9-5-,10-6-,11-7-,12-8-,15-13+,16-14+;;. The summed E-state index contributed by atoms with van der Waals surface area (Å²) in [6, 6.07) is 0. The van der Waals surface area contributed by atoms with Gasteiger partial charge in [0.15, 0.2) is 0 Å². The van der Waals surface area contributed by atoms with Gasteiger partial charge in [0, 0.05) is 0 Å². The van der Waals surface area contributed by atoms with Crippen LogP contribution in [0.2, 0.25) is 0 Å². The van der Waals surface area contributed by atoms with Crippen LogP contribution in [0.1, 0.15) is 55.4 Å². The fraction of sp³-hybridized carbons (Fsp3) is 0.400. The summed E-state index contributed by atoms with van der Waals surface area (Å²) < 4.78 is 5.78. The minimum Gasteiger partial charge on any atom is -0.457 e. The summed E-state index contributed by atoms with van der Waals surface area (Å²) >= 11 is 0. The molecule has 0 amide bonds. The molecule has 0 N–H and O–H groups in total. The van der Waals surface area contributed by atoms with Gasteiger partial charge >= 0.3 is 0 Å². The van der Waals surface area contributed by atoms with Crippen LogP contribution in [0.15, 0.2) is 72.3 Å². The van der Waals surface area contributed by atoms with Gasteiger partial charge in [0.1, 0.15) is 11.5 Å². The molecular weight excluding hydrogens is 256 g/mol. The van der Waals surface area contributed by atoms with Gasteiger partial charge in [-0.25, -0.2) is 0 Å². The van der Waals surface area contributed by atoms with Crippen LogP contribution in [0.5, 0.6) is 0 Å². The van der Waals surface area contributed by atoms with Gasteiger partial charge in [0.25, 0.3) is 0 Å². The first-order valence-electron chi connectivity index (χ1n) is 7.87. The summed E-state index contributed by atoms with van der Waals surface area (Å²) in [5.74, 6) is 1.64. The van der Waals surface area contributed by atoms with E-state index in [1.54, 1.807) is 0 Å². The first-order chi connectivity index (χ1) is 10.3. The van der Waals surface area contributed by atoms with Gasteiger partial charge in [0.05, 0.1) is 0 Å². The van der Waals surface area contributed by atoms with E-state index in [0.717, 1.165) is 11.5 Å². The number of allylic oxidation sites excluding steroid dienone is 10. The van der Waals surface area contributed by atoms with Gasteiger partial charge in [-0.2, -0.15) is 0 Å². The molecule has 120 valence electrons. The largest absolute Gasteiger partial charge is 0.457 e. The minimum absolute atomic E-state index is 0.819. The van der Waals surface area contributed by atoms with Crippen LogP contribution in [0.25, 0.3) is 0 Å². The van der Waals surface area contributed by atoms with Gasteiger partial charge in [-0.3, -0.25) is 0 Å². The van der Waals surface area contributed by atoms with Crippen LogP contribution < -0.4 is 0 Å². The van der Waals surface area contributed by atoms with Crippen molar-refractivity contribution in [3.63, 3.8) is 0 Å². The predicted molar refractivity (Wildman–Crippen MR) is 99.2 cm³/mol. The van der Waals surface area contributed by atoms with Crippen LogP contribution in [-0.2, 0) is 4.74 Å². The fourth-order valence-corrected chi connectivity index (χ4v) is 1.09. The number of ether oxygens (including phenoxy) is 1. The second-order valence-electron chi connectivity index (χ2n) is 3.29. The average molecular weight is 290 g/mol. The maximum atomic E-state index is 5.78. The molecule has 0 atom stereocenters.